The van der Waals surface area contributed by atoms with Gasteiger partial charge in [0.2, 0.25) is 0 Å². The van der Waals surface area contributed by atoms with Gasteiger partial charge in [-0.2, -0.15) is 0 Å². The predicted molar refractivity (Wildman–Crippen MR) is 77.9 cm³/mol. The molecular weight excluding hydrogens is 257 g/mol. The van der Waals surface area contributed by atoms with Crippen LogP contribution >= 0.6 is 0 Å². The monoisotopic (exact) mass is 281 g/mol. The molecule has 0 saturated heterocycles. The Morgan fingerprint density at radius 1 is 1.25 bits per heavy atom. The van der Waals surface area contributed by atoms with E-state index in [-0.39, 0.29) is 23.8 Å². The molecule has 112 valence electrons. The number of benzene rings is 1. The van der Waals surface area contributed by atoms with Gasteiger partial charge in [0.05, 0.1) is 0 Å². The summed E-state index contributed by atoms with van der Waals surface area (Å²) in [7, 11) is 0. The maximum Gasteiger partial charge on any atom is 0.322 e. The Balaban J connectivity index is 2.99. The molecule has 0 aliphatic carbocycles. The quantitative estimate of drug-likeness (QED) is 0.843. The fraction of sp³-hybridized carbons (Fsp3) is 0.562. The molecule has 0 spiro atoms. The number of esters is 1. The molecule has 0 unspecified atom stereocenters. The number of carbonyl (C=O) groups excluding carboxylic acids is 1. The second kappa shape index (κ2) is 6.84. The van der Waals surface area contributed by atoms with E-state index in [0.717, 1.165) is 5.56 Å². The van der Waals surface area contributed by atoms with Gasteiger partial charge >= 0.3 is 5.97 Å². The van der Waals surface area contributed by atoms with E-state index in [2.05, 4.69) is 13.8 Å². The molecule has 1 rings (SSSR count). The number of halogens is 1. The molecule has 0 saturated carbocycles. The van der Waals surface area contributed by atoms with Crippen LogP contribution in [0.5, 0.6) is 0 Å². The molecule has 0 fully saturated rings. The lowest BCUT2D eigenvalue weighted by molar-refractivity contribution is -0.151. The van der Waals surface area contributed by atoms with Crippen LogP contribution in [0.1, 0.15) is 44.7 Å². The molecule has 3 nitrogen and oxygen atoms in total. The number of ether oxygens (including phenoxy) is 1. The van der Waals surface area contributed by atoms with Crippen LogP contribution in [0.2, 0.25) is 0 Å². The third kappa shape index (κ3) is 4.04. The van der Waals surface area contributed by atoms with Gasteiger partial charge in [0, 0.05) is 5.92 Å². The standard InChI is InChI=1S/C16H24FNO2/c1-9(2)15(12(5)20-16(19)11(4)18)13-6-7-14(17)10(3)8-13/h6-9,11-12,15H,18H2,1-5H3/t11-,12-,15+/m0/s1. The molecule has 3 atom stereocenters. The zero-order chi connectivity index (χ0) is 15.4. The predicted octanol–water partition coefficient (Wildman–Crippen LogP) is 3.15. The van der Waals surface area contributed by atoms with Crippen molar-refractivity contribution in [3.63, 3.8) is 0 Å². The Morgan fingerprint density at radius 2 is 1.85 bits per heavy atom. The van der Waals surface area contributed by atoms with Crippen molar-refractivity contribution in [2.75, 3.05) is 0 Å². The molecule has 2 N–H and O–H groups in total. The number of hydrogen-bond acceptors (Lipinski definition) is 3. The molecule has 0 amide bonds. The van der Waals surface area contributed by atoms with E-state index in [1.54, 1.807) is 19.9 Å². The minimum atomic E-state index is -0.639. The van der Waals surface area contributed by atoms with Gasteiger partial charge in [-0.1, -0.05) is 26.0 Å². The van der Waals surface area contributed by atoms with Crippen LogP contribution in [0.25, 0.3) is 0 Å². The third-order valence-electron chi connectivity index (χ3n) is 3.46. The highest BCUT2D eigenvalue weighted by atomic mass is 19.1. The summed E-state index contributed by atoms with van der Waals surface area (Å²) < 4.78 is 18.8. The average molecular weight is 281 g/mol. The first-order chi connectivity index (χ1) is 9.23. The summed E-state index contributed by atoms with van der Waals surface area (Å²) in [4.78, 5) is 11.6. The Bertz CT molecular complexity index is 472. The second-order valence-corrected chi connectivity index (χ2v) is 5.71. The summed E-state index contributed by atoms with van der Waals surface area (Å²) in [5.41, 5.74) is 7.09. The average Bonchev–Trinajstić information content (AvgIpc) is 2.33. The number of carbonyl (C=O) groups is 1. The van der Waals surface area contributed by atoms with Crippen molar-refractivity contribution in [3.05, 3.63) is 35.1 Å². The van der Waals surface area contributed by atoms with Crippen LogP contribution < -0.4 is 5.73 Å². The summed E-state index contributed by atoms with van der Waals surface area (Å²) in [5.74, 6) is -0.369. The van der Waals surface area contributed by atoms with Gasteiger partial charge < -0.3 is 10.5 Å². The van der Waals surface area contributed by atoms with Crippen molar-refractivity contribution in [2.24, 2.45) is 11.7 Å². The molecule has 0 radical (unpaired) electrons. The van der Waals surface area contributed by atoms with Crippen molar-refractivity contribution < 1.29 is 13.9 Å². The van der Waals surface area contributed by atoms with Crippen LogP contribution in [-0.4, -0.2) is 18.1 Å². The van der Waals surface area contributed by atoms with Crippen molar-refractivity contribution in [2.45, 2.75) is 52.7 Å². The molecule has 0 aliphatic heterocycles. The van der Waals surface area contributed by atoms with E-state index >= 15 is 0 Å². The first-order valence-corrected chi connectivity index (χ1v) is 6.96. The fourth-order valence-electron chi connectivity index (χ4n) is 2.44. The van der Waals surface area contributed by atoms with Gasteiger partial charge in [0.1, 0.15) is 18.0 Å². The summed E-state index contributed by atoms with van der Waals surface area (Å²) in [6.07, 6.45) is -0.307. The molecular formula is C16H24FNO2. The Kier molecular flexibility index (Phi) is 5.69. The van der Waals surface area contributed by atoms with Crippen LogP contribution in [0.3, 0.4) is 0 Å². The molecule has 0 aromatic heterocycles. The largest absolute Gasteiger partial charge is 0.461 e. The van der Waals surface area contributed by atoms with Crippen LogP contribution in [0, 0.1) is 18.7 Å². The highest BCUT2D eigenvalue weighted by Crippen LogP contribution is 2.31. The zero-order valence-electron chi connectivity index (χ0n) is 12.8. The normalized spacial score (nSPS) is 15.8. The molecule has 1 aromatic carbocycles. The Morgan fingerprint density at radius 3 is 2.30 bits per heavy atom. The molecule has 0 bridgehead atoms. The van der Waals surface area contributed by atoms with Crippen molar-refractivity contribution in [3.8, 4) is 0 Å². The van der Waals surface area contributed by atoms with E-state index in [0.29, 0.717) is 5.56 Å². The highest BCUT2D eigenvalue weighted by Gasteiger charge is 2.27. The summed E-state index contributed by atoms with van der Waals surface area (Å²) in [6.45, 7) is 9.29. The lowest BCUT2D eigenvalue weighted by Gasteiger charge is -2.28. The van der Waals surface area contributed by atoms with Crippen molar-refractivity contribution in [1.29, 1.82) is 0 Å². The summed E-state index contributed by atoms with van der Waals surface area (Å²) in [6, 6.07) is 4.39. The van der Waals surface area contributed by atoms with Crippen LogP contribution in [0.15, 0.2) is 18.2 Å². The van der Waals surface area contributed by atoms with Crippen molar-refractivity contribution in [1.82, 2.24) is 0 Å². The van der Waals surface area contributed by atoms with E-state index in [4.69, 9.17) is 10.5 Å². The lowest BCUT2D eigenvalue weighted by Crippen LogP contribution is -2.34. The van der Waals surface area contributed by atoms with Crippen molar-refractivity contribution >= 4 is 5.97 Å². The van der Waals surface area contributed by atoms with Gasteiger partial charge in [0.15, 0.2) is 0 Å². The maximum absolute atomic E-state index is 13.4. The highest BCUT2D eigenvalue weighted by molar-refractivity contribution is 5.75. The van der Waals surface area contributed by atoms with Gasteiger partial charge in [-0.25, -0.2) is 4.39 Å². The Labute approximate surface area is 120 Å². The maximum atomic E-state index is 13.4. The van der Waals surface area contributed by atoms with E-state index in [1.165, 1.54) is 6.07 Å². The summed E-state index contributed by atoms with van der Waals surface area (Å²) >= 11 is 0. The SMILES string of the molecule is Cc1cc([C@H](C(C)C)[C@H](C)OC(=O)[C@H](C)N)ccc1F. The molecule has 1 aromatic rings. The first kappa shape index (κ1) is 16.6. The van der Waals surface area contributed by atoms with Crippen LogP contribution in [0.4, 0.5) is 4.39 Å². The van der Waals surface area contributed by atoms with E-state index in [1.807, 2.05) is 13.0 Å². The zero-order valence-corrected chi connectivity index (χ0v) is 12.8. The molecule has 0 aliphatic rings. The smallest absolute Gasteiger partial charge is 0.322 e. The summed E-state index contributed by atoms with van der Waals surface area (Å²) in [5, 5.41) is 0. The topological polar surface area (TPSA) is 52.3 Å². The molecule has 4 heteroatoms. The van der Waals surface area contributed by atoms with E-state index < -0.39 is 12.0 Å². The number of aryl methyl sites for hydroxylation is 1. The number of hydrogen-bond donors (Lipinski definition) is 1. The van der Waals surface area contributed by atoms with Gasteiger partial charge in [0.25, 0.3) is 0 Å². The Hall–Kier alpha value is -1.42. The first-order valence-electron chi connectivity index (χ1n) is 6.96. The lowest BCUT2D eigenvalue weighted by atomic mass is 9.84. The third-order valence-corrected chi connectivity index (χ3v) is 3.46. The van der Waals surface area contributed by atoms with Crippen LogP contribution in [-0.2, 0) is 9.53 Å². The molecule has 20 heavy (non-hydrogen) atoms. The second-order valence-electron chi connectivity index (χ2n) is 5.71. The van der Waals surface area contributed by atoms with Gasteiger partial charge in [-0.05, 0) is 43.9 Å². The minimum absolute atomic E-state index is 0.0111. The number of nitrogens with two attached hydrogens (primary N) is 1. The minimum Gasteiger partial charge on any atom is -0.461 e. The fourth-order valence-corrected chi connectivity index (χ4v) is 2.44. The van der Waals surface area contributed by atoms with Gasteiger partial charge in [-0.3, -0.25) is 4.79 Å². The van der Waals surface area contributed by atoms with Gasteiger partial charge in [-0.15, -0.1) is 0 Å². The van der Waals surface area contributed by atoms with E-state index in [9.17, 15) is 9.18 Å². The molecule has 0 heterocycles. The number of rotatable bonds is 5.